The third-order valence-electron chi connectivity index (χ3n) is 3.56. The zero-order valence-electron chi connectivity index (χ0n) is 9.65. The van der Waals surface area contributed by atoms with Gasteiger partial charge in [0.2, 0.25) is 0 Å². The van der Waals surface area contributed by atoms with E-state index in [0.29, 0.717) is 12.0 Å². The van der Waals surface area contributed by atoms with Crippen LogP contribution in [-0.4, -0.2) is 34.5 Å². The molecule has 4 unspecified atom stereocenters. The quantitative estimate of drug-likeness (QED) is 0.685. The van der Waals surface area contributed by atoms with Crippen LogP contribution in [0.3, 0.4) is 0 Å². The highest BCUT2D eigenvalue weighted by molar-refractivity contribution is 8.00. The molecule has 0 spiro atoms. The van der Waals surface area contributed by atoms with E-state index in [1.165, 1.54) is 25.9 Å². The Morgan fingerprint density at radius 3 is 2.47 bits per heavy atom. The first-order valence-corrected chi connectivity index (χ1v) is 6.94. The van der Waals surface area contributed by atoms with Gasteiger partial charge >= 0.3 is 0 Å². The van der Waals surface area contributed by atoms with Gasteiger partial charge in [-0.1, -0.05) is 20.3 Å². The lowest BCUT2D eigenvalue weighted by atomic mass is 10.0. The van der Waals surface area contributed by atoms with E-state index < -0.39 is 0 Å². The van der Waals surface area contributed by atoms with Gasteiger partial charge in [0.25, 0.3) is 0 Å². The van der Waals surface area contributed by atoms with Crippen molar-refractivity contribution in [2.24, 2.45) is 5.92 Å². The first-order valence-electron chi connectivity index (χ1n) is 6.00. The van der Waals surface area contributed by atoms with Crippen LogP contribution in [0.15, 0.2) is 0 Å². The fourth-order valence-corrected chi connectivity index (χ4v) is 4.36. The molecule has 0 aromatic heterocycles. The Kier molecular flexibility index (Phi) is 3.58. The van der Waals surface area contributed by atoms with Gasteiger partial charge in [-0.2, -0.15) is 17.0 Å². The highest BCUT2D eigenvalue weighted by Gasteiger charge is 2.35. The molecule has 3 heteroatoms. The summed E-state index contributed by atoms with van der Waals surface area (Å²) in [5.74, 6) is 0.299. The van der Waals surface area contributed by atoms with E-state index in [-0.39, 0.29) is 0 Å². The van der Waals surface area contributed by atoms with E-state index >= 15 is 0 Å². The molecule has 1 saturated carbocycles. The second kappa shape index (κ2) is 4.76. The van der Waals surface area contributed by atoms with Crippen LogP contribution in [-0.2, 0) is 0 Å². The minimum atomic E-state index is 0.299. The van der Waals surface area contributed by atoms with Crippen molar-refractivity contribution in [3.8, 4) is 6.07 Å². The van der Waals surface area contributed by atoms with E-state index in [1.54, 1.807) is 0 Å². The summed E-state index contributed by atoms with van der Waals surface area (Å²) >= 11 is 2.09. The lowest BCUT2D eigenvalue weighted by molar-refractivity contribution is 0.176. The minimum Gasteiger partial charge on any atom is -0.297 e. The average Bonchev–Trinajstić information content (AvgIpc) is 2.63. The third kappa shape index (κ3) is 2.49. The molecular formula is C12H20N2S. The van der Waals surface area contributed by atoms with Gasteiger partial charge in [-0.25, -0.2) is 0 Å². The second-order valence-corrected chi connectivity index (χ2v) is 6.83. The van der Waals surface area contributed by atoms with Crippen LogP contribution in [0, 0.1) is 17.2 Å². The lowest BCUT2D eigenvalue weighted by Gasteiger charge is -2.39. The molecule has 2 nitrogen and oxygen atoms in total. The highest BCUT2D eigenvalue weighted by Crippen LogP contribution is 2.34. The molecule has 0 bridgehead atoms. The molecule has 0 aromatic rings. The molecule has 0 amide bonds. The van der Waals surface area contributed by atoms with Crippen LogP contribution in [0.25, 0.3) is 0 Å². The average molecular weight is 224 g/mol. The highest BCUT2D eigenvalue weighted by atomic mass is 32.2. The van der Waals surface area contributed by atoms with Gasteiger partial charge in [0.05, 0.1) is 12.0 Å². The molecule has 0 radical (unpaired) electrons. The topological polar surface area (TPSA) is 27.0 Å². The first-order chi connectivity index (χ1) is 7.20. The van der Waals surface area contributed by atoms with Crippen molar-refractivity contribution < 1.29 is 0 Å². The molecule has 2 aliphatic rings. The van der Waals surface area contributed by atoms with Crippen molar-refractivity contribution in [3.05, 3.63) is 0 Å². The molecule has 2 fully saturated rings. The van der Waals surface area contributed by atoms with Crippen molar-refractivity contribution >= 4 is 11.8 Å². The molecule has 2 rings (SSSR count). The van der Waals surface area contributed by atoms with Crippen LogP contribution in [0.4, 0.5) is 0 Å². The molecule has 0 aromatic carbocycles. The van der Waals surface area contributed by atoms with E-state index in [1.807, 2.05) is 0 Å². The van der Waals surface area contributed by atoms with Crippen molar-refractivity contribution in [2.45, 2.75) is 49.7 Å². The Balaban J connectivity index is 2.00. The van der Waals surface area contributed by atoms with Gasteiger partial charge < -0.3 is 0 Å². The first kappa shape index (κ1) is 11.3. The number of thioether (sulfide) groups is 1. The van der Waals surface area contributed by atoms with Gasteiger partial charge in [0, 0.05) is 29.6 Å². The monoisotopic (exact) mass is 224 g/mol. The normalized spacial score (nSPS) is 42.7. The molecule has 15 heavy (non-hydrogen) atoms. The zero-order chi connectivity index (χ0) is 10.8. The van der Waals surface area contributed by atoms with Crippen LogP contribution < -0.4 is 0 Å². The molecule has 1 aliphatic heterocycles. The second-order valence-electron chi connectivity index (χ2n) is 4.95. The maximum atomic E-state index is 9.12. The Morgan fingerprint density at radius 2 is 1.87 bits per heavy atom. The predicted molar refractivity (Wildman–Crippen MR) is 64.8 cm³/mol. The standard InChI is InChI=1S/C12H20N2S/c1-9-7-14(8-10(2)15-9)12-5-3-4-11(12)6-13/h9-12H,3-5,7-8H2,1-2H3. The summed E-state index contributed by atoms with van der Waals surface area (Å²) in [7, 11) is 0. The van der Waals surface area contributed by atoms with Gasteiger partial charge in [0.15, 0.2) is 0 Å². The molecule has 4 atom stereocenters. The molecule has 1 heterocycles. The number of rotatable bonds is 1. The van der Waals surface area contributed by atoms with Gasteiger partial charge in [-0.3, -0.25) is 4.90 Å². The predicted octanol–water partition coefficient (Wildman–Crippen LogP) is 2.50. The molecule has 0 N–H and O–H groups in total. The van der Waals surface area contributed by atoms with Gasteiger partial charge in [0.1, 0.15) is 0 Å². The van der Waals surface area contributed by atoms with Crippen LogP contribution in [0.1, 0.15) is 33.1 Å². The SMILES string of the molecule is CC1CN(C2CCCC2C#N)CC(C)S1. The summed E-state index contributed by atoms with van der Waals surface area (Å²) < 4.78 is 0. The van der Waals surface area contributed by atoms with E-state index in [4.69, 9.17) is 5.26 Å². The molecular weight excluding hydrogens is 204 g/mol. The maximum Gasteiger partial charge on any atom is 0.0672 e. The Morgan fingerprint density at radius 1 is 1.20 bits per heavy atom. The van der Waals surface area contributed by atoms with Crippen molar-refractivity contribution in [1.82, 2.24) is 4.90 Å². The summed E-state index contributed by atoms with van der Waals surface area (Å²) in [6, 6.07) is 3.05. The zero-order valence-corrected chi connectivity index (χ0v) is 10.5. The summed E-state index contributed by atoms with van der Waals surface area (Å²) in [5, 5.41) is 10.6. The maximum absolute atomic E-state index is 9.12. The number of hydrogen-bond acceptors (Lipinski definition) is 3. The summed E-state index contributed by atoms with van der Waals surface area (Å²) in [6.07, 6.45) is 3.60. The summed E-state index contributed by atoms with van der Waals surface area (Å²) in [4.78, 5) is 2.58. The Bertz CT molecular complexity index is 251. The van der Waals surface area contributed by atoms with Crippen LogP contribution in [0.5, 0.6) is 0 Å². The largest absolute Gasteiger partial charge is 0.297 e. The minimum absolute atomic E-state index is 0.299. The lowest BCUT2D eigenvalue weighted by Crippen LogP contribution is -2.47. The van der Waals surface area contributed by atoms with Crippen LogP contribution in [0.2, 0.25) is 0 Å². The van der Waals surface area contributed by atoms with Gasteiger partial charge in [-0.05, 0) is 12.8 Å². The van der Waals surface area contributed by atoms with E-state index in [0.717, 1.165) is 16.9 Å². The van der Waals surface area contributed by atoms with Crippen molar-refractivity contribution in [2.75, 3.05) is 13.1 Å². The fourth-order valence-electron chi connectivity index (χ4n) is 3.02. The van der Waals surface area contributed by atoms with Gasteiger partial charge in [-0.15, -0.1) is 0 Å². The Hall–Kier alpha value is -0.200. The van der Waals surface area contributed by atoms with E-state index in [9.17, 15) is 0 Å². The molecule has 1 aliphatic carbocycles. The number of nitriles is 1. The molecule has 1 saturated heterocycles. The number of hydrogen-bond donors (Lipinski definition) is 0. The smallest absolute Gasteiger partial charge is 0.0672 e. The number of nitrogens with zero attached hydrogens (tertiary/aromatic N) is 2. The van der Waals surface area contributed by atoms with Crippen molar-refractivity contribution in [1.29, 1.82) is 5.26 Å². The molecule has 84 valence electrons. The van der Waals surface area contributed by atoms with E-state index in [2.05, 4.69) is 36.6 Å². The Labute approximate surface area is 97.0 Å². The summed E-state index contributed by atoms with van der Waals surface area (Å²) in [5.41, 5.74) is 0. The van der Waals surface area contributed by atoms with Crippen LogP contribution >= 0.6 is 11.8 Å². The summed E-state index contributed by atoms with van der Waals surface area (Å²) in [6.45, 7) is 6.98. The third-order valence-corrected chi connectivity index (χ3v) is 4.79. The fraction of sp³-hybridized carbons (Fsp3) is 0.917. The van der Waals surface area contributed by atoms with Crippen molar-refractivity contribution in [3.63, 3.8) is 0 Å².